The van der Waals surface area contributed by atoms with Crippen LogP contribution in [0.5, 0.6) is 0 Å². The molecule has 0 radical (unpaired) electrons. The van der Waals surface area contributed by atoms with Crippen molar-refractivity contribution in [2.45, 2.75) is 43.8 Å². The largest absolute Gasteiger partial charge is 0.352 e. The molecule has 1 aliphatic rings. The summed E-state index contributed by atoms with van der Waals surface area (Å²) >= 11 is 1.33. The van der Waals surface area contributed by atoms with Gasteiger partial charge in [0, 0.05) is 17.2 Å². The quantitative estimate of drug-likeness (QED) is 0.571. The van der Waals surface area contributed by atoms with Crippen molar-refractivity contribution in [3.05, 3.63) is 60.7 Å². The van der Waals surface area contributed by atoms with Crippen molar-refractivity contribution in [2.75, 3.05) is 5.75 Å². The van der Waals surface area contributed by atoms with Crippen LogP contribution in [0.3, 0.4) is 0 Å². The lowest BCUT2D eigenvalue weighted by Crippen LogP contribution is -2.41. The first-order valence-corrected chi connectivity index (χ1v) is 11.5. The van der Waals surface area contributed by atoms with Crippen molar-refractivity contribution in [1.82, 2.24) is 20.5 Å². The van der Waals surface area contributed by atoms with Crippen LogP contribution >= 0.6 is 11.8 Å². The first-order valence-electron chi connectivity index (χ1n) is 10.5. The van der Waals surface area contributed by atoms with E-state index in [4.69, 9.17) is 4.98 Å². The Hall–Kier alpha value is -2.73. The monoisotopic (exact) mass is 418 g/mol. The summed E-state index contributed by atoms with van der Waals surface area (Å²) in [5.41, 5.74) is 3.47. The maximum atomic E-state index is 12.5. The van der Waals surface area contributed by atoms with Crippen LogP contribution < -0.4 is 5.32 Å². The van der Waals surface area contributed by atoms with Gasteiger partial charge in [-0.3, -0.25) is 4.79 Å². The number of aromatic nitrogens is 3. The molecule has 5 nitrogen and oxygen atoms in total. The van der Waals surface area contributed by atoms with Gasteiger partial charge in [-0.1, -0.05) is 92.2 Å². The molecule has 1 heterocycles. The summed E-state index contributed by atoms with van der Waals surface area (Å²) in [4.78, 5) is 17.2. The molecule has 1 N–H and O–H groups in total. The SMILES string of the molecule is C[C@H]1CCCC[C@@H]1NC(=O)CSc1nnc(-c2ccccc2)c(-c2ccccc2)n1. The van der Waals surface area contributed by atoms with Gasteiger partial charge in [0.25, 0.3) is 0 Å². The molecule has 1 amide bonds. The Morgan fingerprint density at radius 2 is 1.57 bits per heavy atom. The lowest BCUT2D eigenvalue weighted by atomic mass is 9.86. The maximum Gasteiger partial charge on any atom is 0.230 e. The Morgan fingerprint density at radius 1 is 0.933 bits per heavy atom. The van der Waals surface area contributed by atoms with Crippen LogP contribution in [0.4, 0.5) is 0 Å². The summed E-state index contributed by atoms with van der Waals surface area (Å²) in [5, 5.41) is 12.5. The van der Waals surface area contributed by atoms with Gasteiger partial charge >= 0.3 is 0 Å². The molecule has 2 atom stereocenters. The molecule has 0 saturated heterocycles. The average Bonchev–Trinajstić information content (AvgIpc) is 2.80. The highest BCUT2D eigenvalue weighted by Gasteiger charge is 2.23. The topological polar surface area (TPSA) is 67.8 Å². The fourth-order valence-electron chi connectivity index (χ4n) is 3.87. The zero-order chi connectivity index (χ0) is 20.8. The van der Waals surface area contributed by atoms with Crippen LogP contribution in [-0.2, 0) is 4.79 Å². The maximum absolute atomic E-state index is 12.5. The number of amides is 1. The van der Waals surface area contributed by atoms with Crippen molar-refractivity contribution in [3.8, 4) is 22.5 Å². The standard InChI is InChI=1S/C24H26N4OS/c1-17-10-8-9-15-20(17)25-21(29)16-30-24-26-22(18-11-4-2-5-12-18)23(27-28-24)19-13-6-3-7-14-19/h2-7,11-14,17,20H,8-10,15-16H2,1H3,(H,25,29)/t17-,20-/m0/s1. The van der Waals surface area contributed by atoms with E-state index in [2.05, 4.69) is 22.4 Å². The normalized spacial score (nSPS) is 18.7. The van der Waals surface area contributed by atoms with Crippen LogP contribution in [0.15, 0.2) is 65.8 Å². The van der Waals surface area contributed by atoms with Gasteiger partial charge in [-0.2, -0.15) is 0 Å². The third-order valence-corrected chi connectivity index (χ3v) is 6.39. The van der Waals surface area contributed by atoms with Gasteiger partial charge in [0.2, 0.25) is 11.1 Å². The molecule has 6 heteroatoms. The van der Waals surface area contributed by atoms with Crippen LogP contribution in [0, 0.1) is 5.92 Å². The second-order valence-electron chi connectivity index (χ2n) is 7.75. The van der Waals surface area contributed by atoms with Gasteiger partial charge < -0.3 is 5.32 Å². The third kappa shape index (κ3) is 5.05. The molecular weight excluding hydrogens is 392 g/mol. The zero-order valence-electron chi connectivity index (χ0n) is 17.1. The van der Waals surface area contributed by atoms with Gasteiger partial charge in [-0.15, -0.1) is 10.2 Å². The average molecular weight is 419 g/mol. The Morgan fingerprint density at radius 3 is 2.23 bits per heavy atom. The second kappa shape index (κ2) is 9.85. The Balaban J connectivity index is 1.51. The number of thioether (sulfide) groups is 1. The third-order valence-electron chi connectivity index (χ3n) is 5.55. The zero-order valence-corrected chi connectivity index (χ0v) is 17.9. The molecule has 0 spiro atoms. The van der Waals surface area contributed by atoms with Gasteiger partial charge in [-0.05, 0) is 18.8 Å². The summed E-state index contributed by atoms with van der Waals surface area (Å²) in [6, 6.07) is 20.2. The summed E-state index contributed by atoms with van der Waals surface area (Å²) in [6.45, 7) is 2.22. The van der Waals surface area contributed by atoms with E-state index in [1.54, 1.807) is 0 Å². The molecule has 3 aromatic rings. The van der Waals surface area contributed by atoms with E-state index < -0.39 is 0 Å². The number of carbonyl (C=O) groups excluding carboxylic acids is 1. The van der Waals surface area contributed by atoms with E-state index in [1.807, 2.05) is 60.7 Å². The molecule has 1 aromatic heterocycles. The molecule has 1 fully saturated rings. The molecule has 0 unspecified atom stereocenters. The summed E-state index contributed by atoms with van der Waals surface area (Å²) in [7, 11) is 0. The number of hydrogen-bond acceptors (Lipinski definition) is 5. The van der Waals surface area contributed by atoms with E-state index >= 15 is 0 Å². The highest BCUT2D eigenvalue weighted by Crippen LogP contribution is 2.29. The number of hydrogen-bond donors (Lipinski definition) is 1. The molecule has 30 heavy (non-hydrogen) atoms. The number of carbonyl (C=O) groups is 1. The van der Waals surface area contributed by atoms with Crippen molar-refractivity contribution >= 4 is 17.7 Å². The van der Waals surface area contributed by atoms with E-state index in [-0.39, 0.29) is 11.9 Å². The van der Waals surface area contributed by atoms with Gasteiger partial charge in [-0.25, -0.2) is 4.98 Å². The fraction of sp³-hybridized carbons (Fsp3) is 0.333. The summed E-state index contributed by atoms with van der Waals surface area (Å²) < 4.78 is 0. The molecule has 0 aliphatic heterocycles. The highest BCUT2D eigenvalue weighted by molar-refractivity contribution is 7.99. The Bertz CT molecular complexity index is 981. The first kappa shape index (κ1) is 20.5. The smallest absolute Gasteiger partial charge is 0.230 e. The van der Waals surface area contributed by atoms with Gasteiger partial charge in [0.1, 0.15) is 11.4 Å². The fourth-order valence-corrected chi connectivity index (χ4v) is 4.47. The van der Waals surface area contributed by atoms with Gasteiger partial charge in [0.05, 0.1) is 5.75 Å². The lowest BCUT2D eigenvalue weighted by Gasteiger charge is -2.29. The molecule has 0 bridgehead atoms. The predicted molar refractivity (Wildman–Crippen MR) is 121 cm³/mol. The predicted octanol–water partition coefficient (Wildman–Crippen LogP) is 4.99. The number of nitrogens with one attached hydrogen (secondary N) is 1. The van der Waals surface area contributed by atoms with Gasteiger partial charge in [0.15, 0.2) is 0 Å². The van der Waals surface area contributed by atoms with E-state index in [9.17, 15) is 4.79 Å². The van der Waals surface area contributed by atoms with E-state index in [0.717, 1.165) is 28.9 Å². The number of benzene rings is 2. The summed E-state index contributed by atoms with van der Waals surface area (Å²) in [6.07, 6.45) is 4.71. The lowest BCUT2D eigenvalue weighted by molar-refractivity contribution is -0.119. The van der Waals surface area contributed by atoms with E-state index in [0.29, 0.717) is 16.8 Å². The minimum absolute atomic E-state index is 0.0377. The Kier molecular flexibility index (Phi) is 6.74. The highest BCUT2D eigenvalue weighted by atomic mass is 32.2. The minimum atomic E-state index is 0.0377. The molecule has 1 saturated carbocycles. The Labute approximate surface area is 181 Å². The molecular formula is C24H26N4OS. The van der Waals surface area contributed by atoms with Crippen molar-refractivity contribution in [3.63, 3.8) is 0 Å². The number of nitrogens with zero attached hydrogens (tertiary/aromatic N) is 3. The van der Waals surface area contributed by atoms with Crippen LogP contribution in [-0.4, -0.2) is 32.9 Å². The summed E-state index contributed by atoms with van der Waals surface area (Å²) in [5.74, 6) is 0.875. The second-order valence-corrected chi connectivity index (χ2v) is 8.69. The van der Waals surface area contributed by atoms with Crippen molar-refractivity contribution in [1.29, 1.82) is 0 Å². The molecule has 4 rings (SSSR count). The minimum Gasteiger partial charge on any atom is -0.352 e. The number of rotatable bonds is 6. The molecule has 1 aliphatic carbocycles. The van der Waals surface area contributed by atoms with E-state index in [1.165, 1.54) is 31.0 Å². The van der Waals surface area contributed by atoms with Crippen molar-refractivity contribution < 1.29 is 4.79 Å². The van der Waals surface area contributed by atoms with Crippen LogP contribution in [0.2, 0.25) is 0 Å². The molecule has 154 valence electrons. The molecule has 2 aromatic carbocycles. The van der Waals surface area contributed by atoms with Crippen molar-refractivity contribution in [2.24, 2.45) is 5.92 Å². The van der Waals surface area contributed by atoms with Crippen LogP contribution in [0.25, 0.3) is 22.5 Å². The van der Waals surface area contributed by atoms with Crippen LogP contribution in [0.1, 0.15) is 32.6 Å². The first-order chi connectivity index (χ1) is 14.7.